The molecule has 0 heterocycles. The van der Waals surface area contributed by atoms with Gasteiger partial charge < -0.3 is 10.2 Å². The van der Waals surface area contributed by atoms with Crippen molar-refractivity contribution in [2.24, 2.45) is 0 Å². The van der Waals surface area contributed by atoms with Crippen molar-refractivity contribution in [3.63, 3.8) is 0 Å². The molecule has 1 rings (SSSR count). The molecule has 1 aromatic carbocycles. The zero-order valence-electron chi connectivity index (χ0n) is 8.73. The van der Waals surface area contributed by atoms with E-state index < -0.39 is 34.8 Å². The summed E-state index contributed by atoms with van der Waals surface area (Å²) < 4.78 is 37.7. The van der Waals surface area contributed by atoms with Crippen molar-refractivity contribution in [2.75, 3.05) is 0 Å². The van der Waals surface area contributed by atoms with Crippen molar-refractivity contribution < 1.29 is 33.0 Å². The Morgan fingerprint density at radius 3 is 2.00 bits per heavy atom. The minimum Gasteiger partial charge on any atom is -0.477 e. The minimum absolute atomic E-state index is 0.480. The molecular formula is C11H7F3O4. The molecule has 0 aromatic heterocycles. The molecule has 0 fully saturated rings. The Hall–Kier alpha value is -2.31. The normalized spacial score (nSPS) is 10.8. The summed E-state index contributed by atoms with van der Waals surface area (Å²) in [5, 5.41) is 17.1. The van der Waals surface area contributed by atoms with Crippen LogP contribution in [0.3, 0.4) is 0 Å². The van der Waals surface area contributed by atoms with Gasteiger partial charge in [-0.3, -0.25) is 0 Å². The predicted octanol–water partition coefficient (Wildman–Crippen LogP) is 2.26. The number of carboxylic acids is 2. The summed E-state index contributed by atoms with van der Waals surface area (Å²) in [7, 11) is 0. The van der Waals surface area contributed by atoms with Gasteiger partial charge in [0, 0.05) is 0 Å². The average Bonchev–Trinajstić information content (AvgIpc) is 2.24. The molecule has 0 aliphatic heterocycles. The number of hydrogen-bond donors (Lipinski definition) is 2. The molecule has 0 unspecified atom stereocenters. The summed E-state index contributed by atoms with van der Waals surface area (Å²) in [4.78, 5) is 21.2. The van der Waals surface area contributed by atoms with Gasteiger partial charge in [-0.05, 0) is 17.7 Å². The largest absolute Gasteiger partial charge is 0.477 e. The molecule has 4 nitrogen and oxygen atoms in total. The third-order valence-electron chi connectivity index (χ3n) is 2.03. The molecule has 7 heteroatoms. The van der Waals surface area contributed by atoms with Crippen LogP contribution in [0.25, 0.3) is 6.08 Å². The zero-order chi connectivity index (χ0) is 13.9. The highest BCUT2D eigenvalue weighted by atomic mass is 19.4. The maximum absolute atomic E-state index is 12.6. The van der Waals surface area contributed by atoms with Gasteiger partial charge in [0.15, 0.2) is 0 Å². The van der Waals surface area contributed by atoms with Crippen LogP contribution in [-0.2, 0) is 15.8 Å². The van der Waals surface area contributed by atoms with E-state index in [1.54, 1.807) is 0 Å². The second-order valence-electron chi connectivity index (χ2n) is 3.25. The third kappa shape index (κ3) is 3.09. The maximum Gasteiger partial charge on any atom is 0.416 e. The lowest BCUT2D eigenvalue weighted by atomic mass is 10.0. The van der Waals surface area contributed by atoms with E-state index in [0.717, 1.165) is 18.2 Å². The zero-order valence-corrected chi connectivity index (χ0v) is 8.73. The molecule has 0 aliphatic carbocycles. The number of aliphatic carboxylic acids is 2. The molecule has 0 bridgehead atoms. The summed E-state index contributed by atoms with van der Waals surface area (Å²) in [5.41, 5.74) is -2.73. The van der Waals surface area contributed by atoms with Gasteiger partial charge in [0.2, 0.25) is 0 Å². The summed E-state index contributed by atoms with van der Waals surface area (Å²) in [5.74, 6) is -3.61. The van der Waals surface area contributed by atoms with Crippen molar-refractivity contribution in [3.8, 4) is 0 Å². The second kappa shape index (κ2) is 4.91. The Morgan fingerprint density at radius 1 is 1.06 bits per heavy atom. The lowest BCUT2D eigenvalue weighted by Crippen LogP contribution is -2.12. The fourth-order valence-electron chi connectivity index (χ4n) is 1.25. The summed E-state index contributed by atoms with van der Waals surface area (Å²) in [6.45, 7) is 0. The number of carboxylic acid groups (broad SMARTS) is 2. The molecule has 0 saturated heterocycles. The standard InChI is InChI=1S/C11H7F3O4/c12-11(13,14)8-4-2-1-3-6(8)5-7(9(15)16)10(17)18/h1-5H,(H,15,16)(H,17,18). The highest BCUT2D eigenvalue weighted by Gasteiger charge is 2.33. The fraction of sp³-hybridized carbons (Fsp3) is 0.0909. The van der Waals surface area contributed by atoms with Crippen molar-refractivity contribution in [2.45, 2.75) is 6.18 Å². The quantitative estimate of drug-likeness (QED) is 0.496. The number of halogens is 3. The van der Waals surface area contributed by atoms with E-state index in [2.05, 4.69) is 0 Å². The molecule has 0 amide bonds. The topological polar surface area (TPSA) is 74.6 Å². The number of alkyl halides is 3. The molecule has 18 heavy (non-hydrogen) atoms. The second-order valence-corrected chi connectivity index (χ2v) is 3.25. The van der Waals surface area contributed by atoms with Crippen LogP contribution in [0.1, 0.15) is 11.1 Å². The van der Waals surface area contributed by atoms with Crippen LogP contribution in [0.15, 0.2) is 29.8 Å². The summed E-state index contributed by atoms with van der Waals surface area (Å²) in [6.07, 6.45) is -4.21. The molecule has 0 spiro atoms. The molecule has 0 radical (unpaired) electrons. The Labute approximate surface area is 99.0 Å². The van der Waals surface area contributed by atoms with Gasteiger partial charge in [-0.2, -0.15) is 13.2 Å². The SMILES string of the molecule is O=C(O)C(=Cc1ccccc1C(F)(F)F)C(=O)O. The van der Waals surface area contributed by atoms with Gasteiger partial charge in [-0.1, -0.05) is 18.2 Å². The Morgan fingerprint density at radius 2 is 1.56 bits per heavy atom. The highest BCUT2D eigenvalue weighted by Crippen LogP contribution is 2.32. The monoisotopic (exact) mass is 260 g/mol. The van der Waals surface area contributed by atoms with Gasteiger partial charge in [0.25, 0.3) is 0 Å². The predicted molar refractivity (Wildman–Crippen MR) is 54.7 cm³/mol. The van der Waals surface area contributed by atoms with Gasteiger partial charge >= 0.3 is 18.1 Å². The minimum atomic E-state index is -4.69. The van der Waals surface area contributed by atoms with Crippen LogP contribution in [0, 0.1) is 0 Å². The van der Waals surface area contributed by atoms with Gasteiger partial charge in [-0.15, -0.1) is 0 Å². The summed E-state index contributed by atoms with van der Waals surface area (Å²) >= 11 is 0. The molecule has 96 valence electrons. The van der Waals surface area contributed by atoms with Crippen molar-refractivity contribution in [1.29, 1.82) is 0 Å². The number of rotatable bonds is 3. The van der Waals surface area contributed by atoms with Crippen LogP contribution in [-0.4, -0.2) is 22.2 Å². The van der Waals surface area contributed by atoms with Crippen LogP contribution in [0.4, 0.5) is 13.2 Å². The Kier molecular flexibility index (Phi) is 3.75. The molecule has 0 aliphatic rings. The first-order valence-corrected chi connectivity index (χ1v) is 4.58. The first kappa shape index (κ1) is 13.8. The summed E-state index contributed by atoms with van der Waals surface area (Å²) in [6, 6.07) is 4.12. The Bertz CT molecular complexity index is 501. The van der Waals surface area contributed by atoms with Gasteiger partial charge in [0.05, 0.1) is 5.56 Å². The van der Waals surface area contributed by atoms with E-state index in [0.29, 0.717) is 6.08 Å². The van der Waals surface area contributed by atoms with Crippen molar-refractivity contribution in [3.05, 3.63) is 41.0 Å². The molecular weight excluding hydrogens is 253 g/mol. The van der Waals surface area contributed by atoms with E-state index in [9.17, 15) is 22.8 Å². The van der Waals surface area contributed by atoms with Crippen molar-refractivity contribution >= 4 is 18.0 Å². The third-order valence-corrected chi connectivity index (χ3v) is 2.03. The van der Waals surface area contributed by atoms with Gasteiger partial charge in [-0.25, -0.2) is 9.59 Å². The van der Waals surface area contributed by atoms with Crippen molar-refractivity contribution in [1.82, 2.24) is 0 Å². The molecule has 0 atom stereocenters. The van der Waals surface area contributed by atoms with E-state index in [-0.39, 0.29) is 0 Å². The number of carbonyl (C=O) groups is 2. The number of benzene rings is 1. The first-order chi connectivity index (χ1) is 8.23. The van der Waals surface area contributed by atoms with Gasteiger partial charge in [0.1, 0.15) is 5.57 Å². The Balaban J connectivity index is 3.38. The van der Waals surface area contributed by atoms with Crippen LogP contribution >= 0.6 is 0 Å². The number of hydrogen-bond acceptors (Lipinski definition) is 2. The average molecular weight is 260 g/mol. The lowest BCUT2D eigenvalue weighted by molar-refractivity contribution is -0.141. The maximum atomic E-state index is 12.6. The van der Waals surface area contributed by atoms with Crippen LogP contribution in [0.2, 0.25) is 0 Å². The molecule has 2 N–H and O–H groups in total. The van der Waals surface area contributed by atoms with E-state index in [1.165, 1.54) is 6.07 Å². The molecule has 1 aromatic rings. The lowest BCUT2D eigenvalue weighted by Gasteiger charge is -2.10. The van der Waals surface area contributed by atoms with E-state index in [1.807, 2.05) is 0 Å². The van der Waals surface area contributed by atoms with Crippen LogP contribution < -0.4 is 0 Å². The van der Waals surface area contributed by atoms with E-state index in [4.69, 9.17) is 10.2 Å². The smallest absolute Gasteiger partial charge is 0.416 e. The fourth-order valence-corrected chi connectivity index (χ4v) is 1.25. The molecule has 0 saturated carbocycles. The van der Waals surface area contributed by atoms with Crippen LogP contribution in [0.5, 0.6) is 0 Å². The van der Waals surface area contributed by atoms with E-state index >= 15 is 0 Å². The first-order valence-electron chi connectivity index (χ1n) is 4.58. The highest BCUT2D eigenvalue weighted by molar-refractivity contribution is 6.16.